The van der Waals surface area contributed by atoms with E-state index in [2.05, 4.69) is 15.9 Å². The Morgan fingerprint density at radius 1 is 1.38 bits per heavy atom. The van der Waals surface area contributed by atoms with Crippen molar-refractivity contribution in [2.75, 3.05) is 0 Å². The lowest BCUT2D eigenvalue weighted by Crippen LogP contribution is -1.96. The molecule has 0 fully saturated rings. The van der Waals surface area contributed by atoms with Gasteiger partial charge in [-0.2, -0.15) is 0 Å². The Hall–Kier alpha value is -1.99. The minimum Gasteiger partial charge on any atom is -0.454 e. The van der Waals surface area contributed by atoms with E-state index < -0.39 is 10.7 Å². The number of aliphatic hydroxyl groups excluding tert-OH is 1. The second-order valence-corrected chi connectivity index (χ2v) is 5.19. The fraction of sp³-hybridized carbons (Fsp3) is 0.143. The van der Waals surface area contributed by atoms with Gasteiger partial charge < -0.3 is 9.84 Å². The first-order valence-corrected chi connectivity index (χ1v) is 6.73. The lowest BCUT2D eigenvalue weighted by atomic mass is 10.2. The van der Waals surface area contributed by atoms with E-state index in [0.717, 1.165) is 6.07 Å². The first-order valence-electron chi connectivity index (χ1n) is 5.94. The predicted octanol–water partition coefficient (Wildman–Crippen LogP) is 4.09. The highest BCUT2D eigenvalue weighted by atomic mass is 79.9. The van der Waals surface area contributed by atoms with Crippen molar-refractivity contribution in [1.29, 1.82) is 0 Å². The SMILES string of the molecule is Cc1cc(Oc2ccc(CO)c(Br)c2)c(F)cc1[N+](=O)[O-]. The van der Waals surface area contributed by atoms with Gasteiger partial charge in [0.15, 0.2) is 11.6 Å². The zero-order valence-corrected chi connectivity index (χ0v) is 12.6. The largest absolute Gasteiger partial charge is 0.454 e. The molecule has 0 aliphatic carbocycles. The summed E-state index contributed by atoms with van der Waals surface area (Å²) in [6.45, 7) is 1.38. The Kier molecular flexibility index (Phi) is 4.54. The maximum Gasteiger partial charge on any atom is 0.275 e. The second kappa shape index (κ2) is 6.19. The fourth-order valence-electron chi connectivity index (χ4n) is 1.77. The summed E-state index contributed by atoms with van der Waals surface area (Å²) in [5.41, 5.74) is 0.682. The molecule has 2 aromatic carbocycles. The third-order valence-electron chi connectivity index (χ3n) is 2.87. The van der Waals surface area contributed by atoms with Crippen molar-refractivity contribution in [3.8, 4) is 11.5 Å². The summed E-state index contributed by atoms with van der Waals surface area (Å²) < 4.78 is 19.9. The first kappa shape index (κ1) is 15.4. The van der Waals surface area contributed by atoms with E-state index in [1.54, 1.807) is 18.2 Å². The molecule has 0 heterocycles. The molecule has 0 aliphatic heterocycles. The van der Waals surface area contributed by atoms with Gasteiger partial charge in [0.05, 0.1) is 17.6 Å². The normalized spacial score (nSPS) is 10.5. The molecule has 0 bridgehead atoms. The third-order valence-corrected chi connectivity index (χ3v) is 3.61. The Morgan fingerprint density at radius 2 is 2.10 bits per heavy atom. The molecule has 0 atom stereocenters. The van der Waals surface area contributed by atoms with Crippen molar-refractivity contribution < 1.29 is 19.2 Å². The summed E-state index contributed by atoms with van der Waals surface area (Å²) in [4.78, 5) is 10.1. The van der Waals surface area contributed by atoms with Gasteiger partial charge in [0.25, 0.3) is 5.69 Å². The van der Waals surface area contributed by atoms with Gasteiger partial charge in [-0.15, -0.1) is 0 Å². The van der Waals surface area contributed by atoms with Crippen LogP contribution in [-0.2, 0) is 6.61 Å². The summed E-state index contributed by atoms with van der Waals surface area (Å²) in [5, 5.41) is 19.8. The van der Waals surface area contributed by atoms with E-state index in [1.165, 1.54) is 13.0 Å². The minimum absolute atomic E-state index is 0.0956. The van der Waals surface area contributed by atoms with Crippen molar-refractivity contribution >= 4 is 21.6 Å². The van der Waals surface area contributed by atoms with Crippen molar-refractivity contribution in [2.45, 2.75) is 13.5 Å². The Bertz CT molecular complexity index is 706. The van der Waals surface area contributed by atoms with Crippen LogP contribution in [0.15, 0.2) is 34.8 Å². The van der Waals surface area contributed by atoms with Gasteiger partial charge in [0.2, 0.25) is 0 Å². The number of aryl methyl sites for hydroxylation is 1. The average molecular weight is 356 g/mol. The highest BCUT2D eigenvalue weighted by Gasteiger charge is 2.17. The molecule has 5 nitrogen and oxygen atoms in total. The molecule has 0 saturated carbocycles. The van der Waals surface area contributed by atoms with E-state index in [9.17, 15) is 14.5 Å². The number of halogens is 2. The second-order valence-electron chi connectivity index (χ2n) is 4.34. The van der Waals surface area contributed by atoms with Gasteiger partial charge in [-0.25, -0.2) is 4.39 Å². The van der Waals surface area contributed by atoms with Gasteiger partial charge in [0, 0.05) is 10.0 Å². The topological polar surface area (TPSA) is 72.6 Å². The number of ether oxygens (including phenoxy) is 1. The number of aliphatic hydroxyl groups is 1. The van der Waals surface area contributed by atoms with Gasteiger partial charge in [-0.1, -0.05) is 22.0 Å². The Morgan fingerprint density at radius 3 is 2.67 bits per heavy atom. The van der Waals surface area contributed by atoms with Crippen LogP contribution in [0.4, 0.5) is 10.1 Å². The number of benzene rings is 2. The smallest absolute Gasteiger partial charge is 0.275 e. The van der Waals surface area contributed by atoms with Gasteiger partial charge in [0.1, 0.15) is 5.75 Å². The summed E-state index contributed by atoms with van der Waals surface area (Å²) in [5.74, 6) is -0.553. The molecule has 7 heteroatoms. The molecule has 0 spiro atoms. The van der Waals surface area contributed by atoms with Crippen molar-refractivity contribution in [3.63, 3.8) is 0 Å². The lowest BCUT2D eigenvalue weighted by Gasteiger charge is -2.09. The number of rotatable bonds is 4. The molecule has 0 unspecified atom stereocenters. The van der Waals surface area contributed by atoms with Crippen LogP contribution in [0.25, 0.3) is 0 Å². The summed E-state index contributed by atoms with van der Waals surface area (Å²) in [6.07, 6.45) is 0. The Labute approximate surface area is 128 Å². The molecular formula is C14H11BrFNO4. The van der Waals surface area contributed by atoms with Crippen LogP contribution >= 0.6 is 15.9 Å². The standard InChI is InChI=1S/C14H11BrFNO4/c1-8-4-14(12(16)6-13(8)17(19)20)21-10-3-2-9(7-18)11(15)5-10/h2-6,18H,7H2,1H3. The van der Waals surface area contributed by atoms with Crippen molar-refractivity contribution in [2.24, 2.45) is 0 Å². The highest BCUT2D eigenvalue weighted by Crippen LogP contribution is 2.32. The fourth-order valence-corrected chi connectivity index (χ4v) is 2.25. The van der Waals surface area contributed by atoms with E-state index in [0.29, 0.717) is 21.3 Å². The summed E-state index contributed by atoms with van der Waals surface area (Å²) in [7, 11) is 0. The minimum atomic E-state index is -0.811. The molecule has 0 amide bonds. The van der Waals surface area contributed by atoms with E-state index in [1.807, 2.05) is 0 Å². The maximum absolute atomic E-state index is 13.8. The molecule has 0 radical (unpaired) electrons. The zero-order chi connectivity index (χ0) is 15.6. The summed E-state index contributed by atoms with van der Waals surface area (Å²) >= 11 is 3.26. The van der Waals surface area contributed by atoms with E-state index in [4.69, 9.17) is 9.84 Å². The van der Waals surface area contributed by atoms with Crippen molar-refractivity contribution in [1.82, 2.24) is 0 Å². The first-order chi connectivity index (χ1) is 9.92. The number of nitrogens with zero attached hydrogens (tertiary/aromatic N) is 1. The monoisotopic (exact) mass is 355 g/mol. The molecule has 110 valence electrons. The zero-order valence-electron chi connectivity index (χ0n) is 11.0. The molecule has 21 heavy (non-hydrogen) atoms. The Balaban J connectivity index is 2.34. The maximum atomic E-state index is 13.8. The molecule has 0 aliphatic rings. The van der Waals surface area contributed by atoms with E-state index >= 15 is 0 Å². The van der Waals surface area contributed by atoms with Gasteiger partial charge >= 0.3 is 0 Å². The van der Waals surface area contributed by atoms with Crippen LogP contribution in [0.5, 0.6) is 11.5 Å². The summed E-state index contributed by atoms with van der Waals surface area (Å²) in [6, 6.07) is 6.91. The van der Waals surface area contributed by atoms with Crippen LogP contribution in [0.3, 0.4) is 0 Å². The number of nitro groups is 1. The number of hydrogen-bond acceptors (Lipinski definition) is 4. The van der Waals surface area contributed by atoms with Crippen LogP contribution < -0.4 is 4.74 Å². The van der Waals surface area contributed by atoms with Gasteiger partial charge in [-0.05, 0) is 30.7 Å². The van der Waals surface area contributed by atoms with Crippen LogP contribution in [0, 0.1) is 22.9 Å². The quantitative estimate of drug-likeness (QED) is 0.662. The average Bonchev–Trinajstić information content (AvgIpc) is 2.42. The van der Waals surface area contributed by atoms with E-state index in [-0.39, 0.29) is 18.0 Å². The molecule has 2 rings (SSSR count). The van der Waals surface area contributed by atoms with Gasteiger partial charge in [-0.3, -0.25) is 10.1 Å². The van der Waals surface area contributed by atoms with Crippen LogP contribution in [-0.4, -0.2) is 10.0 Å². The molecule has 0 aromatic heterocycles. The lowest BCUT2D eigenvalue weighted by molar-refractivity contribution is -0.385. The molecule has 2 aromatic rings. The van der Waals surface area contributed by atoms with Crippen molar-refractivity contribution in [3.05, 3.63) is 61.9 Å². The number of nitro benzene ring substituents is 1. The molecular weight excluding hydrogens is 345 g/mol. The van der Waals surface area contributed by atoms with Crippen LogP contribution in [0.1, 0.15) is 11.1 Å². The highest BCUT2D eigenvalue weighted by molar-refractivity contribution is 9.10. The molecule has 1 N–H and O–H groups in total. The predicted molar refractivity (Wildman–Crippen MR) is 77.9 cm³/mol. The van der Waals surface area contributed by atoms with Crippen LogP contribution in [0.2, 0.25) is 0 Å². The number of hydrogen-bond donors (Lipinski definition) is 1. The third kappa shape index (κ3) is 3.37. The molecule has 0 saturated heterocycles.